The zero-order chi connectivity index (χ0) is 14.2. The lowest BCUT2D eigenvalue weighted by Crippen LogP contribution is -1.96. The van der Waals surface area contributed by atoms with Crippen molar-refractivity contribution in [1.82, 2.24) is 0 Å². The Morgan fingerprint density at radius 1 is 1.42 bits per heavy atom. The Labute approximate surface area is 110 Å². The van der Waals surface area contributed by atoms with Gasteiger partial charge in [0.05, 0.1) is 21.5 Å². The molecule has 0 aliphatic carbocycles. The van der Waals surface area contributed by atoms with Crippen LogP contribution in [0.15, 0.2) is 39.5 Å². The van der Waals surface area contributed by atoms with E-state index >= 15 is 0 Å². The Hall–Kier alpha value is -2.20. The fourth-order valence-corrected chi connectivity index (χ4v) is 3.47. The number of nitriles is 1. The number of thiol groups is 1. The molecular formula is C12H8F2N2O2S. The van der Waals surface area contributed by atoms with Gasteiger partial charge in [-0.15, -0.1) is 10.9 Å². The fraction of sp³-hybridized carbons (Fsp3) is 0.0833. The molecule has 1 aliphatic rings. The smallest absolute Gasteiger partial charge is 0.258 e. The number of nitro benzene ring substituents is 1. The minimum Gasteiger partial charge on any atom is -0.258 e. The summed E-state index contributed by atoms with van der Waals surface area (Å²) in [4.78, 5) is 10.4. The molecule has 0 amide bonds. The van der Waals surface area contributed by atoms with Crippen molar-refractivity contribution in [3.8, 4) is 6.07 Å². The summed E-state index contributed by atoms with van der Waals surface area (Å²) in [6, 6.07) is 4.36. The van der Waals surface area contributed by atoms with Gasteiger partial charge in [0, 0.05) is 12.1 Å². The van der Waals surface area contributed by atoms with Crippen LogP contribution < -0.4 is 0 Å². The zero-order valence-corrected chi connectivity index (χ0v) is 10.6. The van der Waals surface area contributed by atoms with Crippen molar-refractivity contribution in [2.45, 2.75) is 11.8 Å². The molecule has 7 heteroatoms. The summed E-state index contributed by atoms with van der Waals surface area (Å²) in [5.41, 5.74) is 0.356. The van der Waals surface area contributed by atoms with E-state index in [1.165, 1.54) is 12.1 Å². The molecule has 4 nitrogen and oxygen atoms in total. The van der Waals surface area contributed by atoms with Crippen molar-refractivity contribution in [2.75, 3.05) is 0 Å². The standard InChI is InChI=1S/C12H8F2N2O2S/c1-7-2-10(16(17)18)11(3-8(7)5-15)19-6-9(13)4-12(19)14/h2-4,6,19H,1H3. The van der Waals surface area contributed by atoms with Crippen LogP contribution >= 0.6 is 10.9 Å². The van der Waals surface area contributed by atoms with Crippen molar-refractivity contribution in [3.63, 3.8) is 0 Å². The predicted octanol–water partition coefficient (Wildman–Crippen LogP) is 3.77. The van der Waals surface area contributed by atoms with Crippen LogP contribution in [-0.2, 0) is 0 Å². The number of benzene rings is 1. The second-order valence-corrected chi connectivity index (χ2v) is 5.78. The first kappa shape index (κ1) is 13.2. The first-order valence-corrected chi connectivity index (χ1v) is 6.58. The second kappa shape index (κ2) is 4.82. The van der Waals surface area contributed by atoms with E-state index in [1.54, 1.807) is 6.92 Å². The molecule has 98 valence electrons. The van der Waals surface area contributed by atoms with Gasteiger partial charge in [0.15, 0.2) is 0 Å². The van der Waals surface area contributed by atoms with E-state index in [0.29, 0.717) is 11.6 Å². The topological polar surface area (TPSA) is 66.9 Å². The molecule has 19 heavy (non-hydrogen) atoms. The summed E-state index contributed by atoms with van der Waals surface area (Å²) in [6.07, 6.45) is 0.710. The second-order valence-electron chi connectivity index (χ2n) is 3.88. The van der Waals surface area contributed by atoms with Gasteiger partial charge >= 0.3 is 0 Å². The van der Waals surface area contributed by atoms with Crippen molar-refractivity contribution >= 4 is 16.6 Å². The molecule has 0 bridgehead atoms. The highest BCUT2D eigenvalue weighted by molar-refractivity contribution is 8.23. The van der Waals surface area contributed by atoms with Crippen molar-refractivity contribution in [3.05, 3.63) is 55.8 Å². The molecule has 1 unspecified atom stereocenters. The predicted molar refractivity (Wildman–Crippen MR) is 68.2 cm³/mol. The van der Waals surface area contributed by atoms with E-state index in [2.05, 4.69) is 0 Å². The van der Waals surface area contributed by atoms with Crippen LogP contribution in [0.25, 0.3) is 0 Å². The summed E-state index contributed by atoms with van der Waals surface area (Å²) in [5, 5.41) is 20.2. The molecule has 1 aromatic carbocycles. The van der Waals surface area contributed by atoms with Crippen LogP contribution in [0.1, 0.15) is 11.1 Å². The summed E-state index contributed by atoms with van der Waals surface area (Å²) in [6.45, 7) is 1.56. The van der Waals surface area contributed by atoms with Crippen LogP contribution in [0, 0.1) is 28.4 Å². The summed E-state index contributed by atoms with van der Waals surface area (Å²) >= 11 is 0. The highest BCUT2D eigenvalue weighted by Crippen LogP contribution is 2.54. The van der Waals surface area contributed by atoms with Crippen molar-refractivity contribution in [2.24, 2.45) is 0 Å². The Bertz CT molecular complexity index is 677. The molecule has 0 saturated heterocycles. The average molecular weight is 282 g/mol. The number of rotatable bonds is 2. The zero-order valence-electron chi connectivity index (χ0n) is 9.72. The first-order chi connectivity index (χ1) is 8.93. The van der Waals surface area contributed by atoms with E-state index in [0.717, 1.165) is 5.41 Å². The third kappa shape index (κ3) is 2.35. The molecule has 1 atom stereocenters. The van der Waals surface area contributed by atoms with Crippen LogP contribution in [0.3, 0.4) is 0 Å². The van der Waals surface area contributed by atoms with Gasteiger partial charge in [-0.25, -0.2) is 8.78 Å². The molecule has 0 aromatic heterocycles. The first-order valence-electron chi connectivity index (χ1n) is 5.17. The molecular weight excluding hydrogens is 274 g/mol. The van der Waals surface area contributed by atoms with E-state index in [9.17, 15) is 18.9 Å². The number of nitrogens with zero attached hydrogens (tertiary/aromatic N) is 2. The van der Waals surface area contributed by atoms with Gasteiger partial charge < -0.3 is 0 Å². The molecule has 0 spiro atoms. The highest BCUT2D eigenvalue weighted by Gasteiger charge is 2.26. The number of hydrogen-bond donors (Lipinski definition) is 1. The Kier molecular flexibility index (Phi) is 3.36. The Morgan fingerprint density at radius 2 is 2.11 bits per heavy atom. The number of halogens is 2. The lowest BCUT2D eigenvalue weighted by molar-refractivity contribution is -0.387. The van der Waals surface area contributed by atoms with Gasteiger partial charge in [-0.1, -0.05) is 0 Å². The molecule has 1 aliphatic heterocycles. The SMILES string of the molecule is Cc1cc([N+](=O)[O-])c([SH]2C=C(F)C=C2F)cc1C#N. The van der Waals surface area contributed by atoms with Gasteiger partial charge in [-0.05, 0) is 24.0 Å². The number of hydrogen-bond acceptors (Lipinski definition) is 3. The van der Waals surface area contributed by atoms with Crippen molar-refractivity contribution in [1.29, 1.82) is 5.26 Å². The Morgan fingerprint density at radius 3 is 2.58 bits per heavy atom. The molecule has 0 radical (unpaired) electrons. The molecule has 0 saturated carbocycles. The summed E-state index contributed by atoms with van der Waals surface area (Å²) in [7, 11) is -1.86. The number of aryl methyl sites for hydroxylation is 1. The van der Waals surface area contributed by atoms with E-state index < -0.39 is 26.8 Å². The molecule has 1 aromatic rings. The molecule has 1 heterocycles. The maximum atomic E-state index is 13.6. The quantitative estimate of drug-likeness (QED) is 0.510. The van der Waals surface area contributed by atoms with Gasteiger partial charge in [-0.2, -0.15) is 5.26 Å². The lowest BCUT2D eigenvalue weighted by Gasteiger charge is -2.13. The van der Waals surface area contributed by atoms with Gasteiger partial charge in [-0.3, -0.25) is 10.1 Å². The van der Waals surface area contributed by atoms with E-state index in [4.69, 9.17) is 5.26 Å². The van der Waals surface area contributed by atoms with Crippen molar-refractivity contribution < 1.29 is 13.7 Å². The van der Waals surface area contributed by atoms with E-state index in [-0.39, 0.29) is 16.1 Å². The van der Waals surface area contributed by atoms with Crippen LogP contribution in [0.5, 0.6) is 0 Å². The molecule has 2 rings (SSSR count). The normalized spacial score (nSPS) is 19.6. The molecule has 0 N–H and O–H groups in total. The Balaban J connectivity index is 2.66. The van der Waals surface area contributed by atoms with Crippen LogP contribution in [0.2, 0.25) is 0 Å². The lowest BCUT2D eigenvalue weighted by atomic mass is 10.1. The van der Waals surface area contributed by atoms with Gasteiger partial charge in [0.1, 0.15) is 11.0 Å². The summed E-state index contributed by atoms with van der Waals surface area (Å²) < 4.78 is 26.6. The van der Waals surface area contributed by atoms with Gasteiger partial charge in [0.2, 0.25) is 0 Å². The monoisotopic (exact) mass is 282 g/mol. The number of allylic oxidation sites excluding steroid dienone is 2. The van der Waals surface area contributed by atoms with E-state index in [1.807, 2.05) is 6.07 Å². The molecule has 0 fully saturated rings. The third-order valence-electron chi connectivity index (χ3n) is 2.64. The minimum absolute atomic E-state index is 0.0450. The van der Waals surface area contributed by atoms with Gasteiger partial charge in [0.25, 0.3) is 5.69 Å². The summed E-state index contributed by atoms with van der Waals surface area (Å²) in [5.74, 6) is -0.753. The maximum Gasteiger partial charge on any atom is 0.282 e. The average Bonchev–Trinajstić information content (AvgIpc) is 2.68. The van der Waals surface area contributed by atoms with Crippen LogP contribution in [0.4, 0.5) is 14.5 Å². The minimum atomic E-state index is -1.86. The fourth-order valence-electron chi connectivity index (χ4n) is 1.73. The third-order valence-corrected chi connectivity index (χ3v) is 4.61. The highest BCUT2D eigenvalue weighted by atomic mass is 32.2. The maximum absolute atomic E-state index is 13.6. The number of nitro groups is 1. The largest absolute Gasteiger partial charge is 0.282 e. The van der Waals surface area contributed by atoms with Crippen LogP contribution in [-0.4, -0.2) is 4.92 Å².